The molecule has 0 unspecified atom stereocenters. The van der Waals surface area contributed by atoms with Gasteiger partial charge in [-0.3, -0.25) is 4.90 Å². The van der Waals surface area contributed by atoms with Crippen LogP contribution in [-0.4, -0.2) is 29.7 Å². The highest BCUT2D eigenvalue weighted by molar-refractivity contribution is 5.85. The molecule has 0 bridgehead atoms. The van der Waals surface area contributed by atoms with Gasteiger partial charge in [-0.2, -0.15) is 0 Å². The normalized spacial score (nSPS) is 20.8. The standard InChI is InChI=1S/C24H26FNO/c25-23-12-4-2-8-20(23)15-24(18-27)13-6-14-26(17-24)16-21-10-5-9-19-7-1-3-11-22(19)21/h1-5,7-12,27H,6,13-18H2/t24-/m1/s1. The van der Waals surface area contributed by atoms with Gasteiger partial charge in [-0.25, -0.2) is 4.39 Å². The first-order valence-electron chi connectivity index (χ1n) is 9.72. The molecular formula is C24H26FNO. The van der Waals surface area contributed by atoms with Crippen LogP contribution in [0.4, 0.5) is 4.39 Å². The van der Waals surface area contributed by atoms with Crippen molar-refractivity contribution in [1.82, 2.24) is 4.90 Å². The fourth-order valence-corrected chi connectivity index (χ4v) is 4.49. The van der Waals surface area contributed by atoms with Gasteiger partial charge in [-0.1, -0.05) is 60.7 Å². The minimum Gasteiger partial charge on any atom is -0.396 e. The van der Waals surface area contributed by atoms with Gasteiger partial charge >= 0.3 is 0 Å². The van der Waals surface area contributed by atoms with E-state index in [1.807, 2.05) is 12.1 Å². The van der Waals surface area contributed by atoms with Crippen molar-refractivity contribution in [2.75, 3.05) is 19.7 Å². The maximum Gasteiger partial charge on any atom is 0.126 e. The van der Waals surface area contributed by atoms with Gasteiger partial charge < -0.3 is 5.11 Å². The molecule has 0 radical (unpaired) electrons. The zero-order valence-corrected chi connectivity index (χ0v) is 15.6. The maximum absolute atomic E-state index is 14.2. The van der Waals surface area contributed by atoms with E-state index in [1.54, 1.807) is 6.07 Å². The van der Waals surface area contributed by atoms with Gasteiger partial charge in [-0.15, -0.1) is 0 Å². The fourth-order valence-electron chi connectivity index (χ4n) is 4.49. The summed E-state index contributed by atoms with van der Waals surface area (Å²) < 4.78 is 14.2. The molecule has 1 saturated heterocycles. The van der Waals surface area contributed by atoms with Gasteiger partial charge in [0.05, 0.1) is 6.61 Å². The largest absolute Gasteiger partial charge is 0.396 e. The molecule has 3 aromatic rings. The van der Waals surface area contributed by atoms with Crippen LogP contribution in [0.3, 0.4) is 0 Å². The second kappa shape index (κ2) is 7.79. The van der Waals surface area contributed by atoms with Crippen LogP contribution < -0.4 is 0 Å². The predicted molar refractivity (Wildman–Crippen MR) is 108 cm³/mol. The van der Waals surface area contributed by atoms with E-state index in [4.69, 9.17) is 0 Å². The first-order chi connectivity index (χ1) is 13.2. The van der Waals surface area contributed by atoms with Crippen molar-refractivity contribution in [1.29, 1.82) is 0 Å². The van der Waals surface area contributed by atoms with E-state index in [2.05, 4.69) is 47.4 Å². The molecule has 1 fully saturated rings. The Kier molecular flexibility index (Phi) is 5.24. The number of rotatable bonds is 5. The highest BCUT2D eigenvalue weighted by Gasteiger charge is 2.35. The SMILES string of the molecule is OC[C@@]1(Cc2ccccc2F)CCCN(Cc2cccc3ccccc23)C1. The van der Waals surface area contributed by atoms with E-state index < -0.39 is 0 Å². The summed E-state index contributed by atoms with van der Waals surface area (Å²) in [6.07, 6.45) is 2.55. The Balaban J connectivity index is 1.55. The molecule has 1 atom stereocenters. The van der Waals surface area contributed by atoms with E-state index in [0.29, 0.717) is 12.0 Å². The van der Waals surface area contributed by atoms with Crippen molar-refractivity contribution in [3.63, 3.8) is 0 Å². The number of hydrogen-bond donors (Lipinski definition) is 1. The van der Waals surface area contributed by atoms with Gasteiger partial charge in [0.15, 0.2) is 0 Å². The summed E-state index contributed by atoms with van der Waals surface area (Å²) >= 11 is 0. The number of nitrogens with zero attached hydrogens (tertiary/aromatic N) is 1. The number of likely N-dealkylation sites (tertiary alicyclic amines) is 1. The van der Waals surface area contributed by atoms with Crippen LogP contribution >= 0.6 is 0 Å². The predicted octanol–water partition coefficient (Wildman–Crippen LogP) is 4.80. The molecule has 3 aromatic carbocycles. The highest BCUT2D eigenvalue weighted by atomic mass is 19.1. The Morgan fingerprint density at radius 3 is 2.52 bits per heavy atom. The molecule has 4 rings (SSSR count). The Morgan fingerprint density at radius 1 is 0.926 bits per heavy atom. The van der Waals surface area contributed by atoms with Crippen molar-refractivity contribution in [3.05, 3.63) is 83.7 Å². The summed E-state index contributed by atoms with van der Waals surface area (Å²) in [5.74, 6) is -0.170. The number of piperidine rings is 1. The first-order valence-corrected chi connectivity index (χ1v) is 9.72. The molecule has 0 amide bonds. The molecule has 1 aliphatic heterocycles. The molecule has 140 valence electrons. The molecule has 0 aromatic heterocycles. The second-order valence-electron chi connectivity index (χ2n) is 7.88. The third-order valence-electron chi connectivity index (χ3n) is 5.87. The zero-order valence-electron chi connectivity index (χ0n) is 15.6. The number of fused-ring (bicyclic) bond motifs is 1. The van der Waals surface area contributed by atoms with Crippen molar-refractivity contribution >= 4 is 10.8 Å². The van der Waals surface area contributed by atoms with Gasteiger partial charge in [-0.05, 0) is 53.8 Å². The lowest BCUT2D eigenvalue weighted by Gasteiger charge is -2.42. The zero-order chi connectivity index (χ0) is 18.7. The Hall–Kier alpha value is -2.23. The van der Waals surface area contributed by atoms with Crippen LogP contribution in [0.2, 0.25) is 0 Å². The summed E-state index contributed by atoms with van der Waals surface area (Å²) in [7, 11) is 0. The average molecular weight is 363 g/mol. The van der Waals surface area contributed by atoms with Crippen molar-refractivity contribution < 1.29 is 9.50 Å². The number of aliphatic hydroxyl groups is 1. The molecule has 0 saturated carbocycles. The van der Waals surface area contributed by atoms with Gasteiger partial charge in [0.1, 0.15) is 5.82 Å². The summed E-state index contributed by atoms with van der Waals surface area (Å²) in [5.41, 5.74) is 1.75. The van der Waals surface area contributed by atoms with Gasteiger partial charge in [0.2, 0.25) is 0 Å². The van der Waals surface area contributed by atoms with Crippen LogP contribution in [0.1, 0.15) is 24.0 Å². The summed E-state index contributed by atoms with van der Waals surface area (Å²) in [5, 5.41) is 12.7. The van der Waals surface area contributed by atoms with E-state index in [0.717, 1.165) is 32.5 Å². The van der Waals surface area contributed by atoms with Gasteiger partial charge in [0.25, 0.3) is 0 Å². The molecule has 3 heteroatoms. The minimum absolute atomic E-state index is 0.0906. The fraction of sp³-hybridized carbons (Fsp3) is 0.333. The Labute approximate surface area is 160 Å². The van der Waals surface area contributed by atoms with E-state index in [9.17, 15) is 9.50 Å². The smallest absolute Gasteiger partial charge is 0.126 e. The van der Waals surface area contributed by atoms with Crippen LogP contribution in [0.5, 0.6) is 0 Å². The Bertz CT molecular complexity index is 920. The summed E-state index contributed by atoms with van der Waals surface area (Å²) in [4.78, 5) is 2.42. The molecule has 27 heavy (non-hydrogen) atoms. The van der Waals surface area contributed by atoms with E-state index in [1.165, 1.54) is 22.4 Å². The van der Waals surface area contributed by atoms with Crippen LogP contribution in [0.15, 0.2) is 66.7 Å². The average Bonchev–Trinajstić information content (AvgIpc) is 2.70. The highest BCUT2D eigenvalue weighted by Crippen LogP contribution is 2.35. The minimum atomic E-state index is -0.273. The first kappa shape index (κ1) is 18.1. The molecule has 0 spiro atoms. The maximum atomic E-state index is 14.2. The number of hydrogen-bond acceptors (Lipinski definition) is 2. The second-order valence-corrected chi connectivity index (χ2v) is 7.88. The van der Waals surface area contributed by atoms with E-state index >= 15 is 0 Å². The third-order valence-corrected chi connectivity index (χ3v) is 5.87. The topological polar surface area (TPSA) is 23.5 Å². The Morgan fingerprint density at radius 2 is 1.67 bits per heavy atom. The molecule has 1 aliphatic rings. The molecule has 2 nitrogen and oxygen atoms in total. The van der Waals surface area contributed by atoms with Crippen LogP contribution in [-0.2, 0) is 13.0 Å². The number of aliphatic hydroxyl groups excluding tert-OH is 1. The molecule has 0 aliphatic carbocycles. The molecule has 1 N–H and O–H groups in total. The third kappa shape index (κ3) is 3.90. The van der Waals surface area contributed by atoms with Gasteiger partial charge in [0, 0.05) is 18.5 Å². The summed E-state index contributed by atoms with van der Waals surface area (Å²) in [6, 6.07) is 21.9. The van der Waals surface area contributed by atoms with E-state index in [-0.39, 0.29) is 17.8 Å². The van der Waals surface area contributed by atoms with Crippen molar-refractivity contribution in [2.45, 2.75) is 25.8 Å². The lowest BCUT2D eigenvalue weighted by atomic mass is 9.75. The summed E-state index contributed by atoms with van der Waals surface area (Å²) in [6.45, 7) is 2.76. The van der Waals surface area contributed by atoms with Crippen LogP contribution in [0.25, 0.3) is 10.8 Å². The van der Waals surface area contributed by atoms with Crippen molar-refractivity contribution in [3.8, 4) is 0 Å². The molecule has 1 heterocycles. The number of benzene rings is 3. The monoisotopic (exact) mass is 363 g/mol. The quantitative estimate of drug-likeness (QED) is 0.704. The molecular weight excluding hydrogens is 337 g/mol. The van der Waals surface area contributed by atoms with Crippen molar-refractivity contribution in [2.24, 2.45) is 5.41 Å². The lowest BCUT2D eigenvalue weighted by molar-refractivity contribution is 0.0284. The number of halogens is 1. The van der Waals surface area contributed by atoms with Crippen LogP contribution in [0, 0.1) is 11.2 Å². The lowest BCUT2D eigenvalue weighted by Crippen LogP contribution is -2.46.